The molecule has 0 aliphatic carbocycles. The number of rotatable bonds is 6. The van der Waals surface area contributed by atoms with Crippen LogP contribution in [0.1, 0.15) is 33.6 Å². The predicted octanol–water partition coefficient (Wildman–Crippen LogP) is 1.21. The first-order valence-corrected chi connectivity index (χ1v) is 8.17. The Hall–Kier alpha value is -0.130. The number of hydrogen-bond donors (Lipinski definition) is 1. The van der Waals surface area contributed by atoms with Crippen molar-refractivity contribution in [2.75, 3.05) is 25.5 Å². The largest absolute Gasteiger partial charge is 0.381 e. The molecule has 1 heterocycles. The first-order chi connectivity index (χ1) is 7.93. The van der Waals surface area contributed by atoms with Crippen molar-refractivity contribution in [2.45, 2.75) is 44.9 Å². The quantitative estimate of drug-likeness (QED) is 0.783. The maximum Gasteiger partial charge on any atom is 0.154 e. The fourth-order valence-electron chi connectivity index (χ4n) is 1.91. The molecular weight excluding hydrogens is 238 g/mol. The van der Waals surface area contributed by atoms with Gasteiger partial charge in [0.2, 0.25) is 0 Å². The highest BCUT2D eigenvalue weighted by Gasteiger charge is 2.23. The molecule has 0 radical (unpaired) electrons. The Kier molecular flexibility index (Phi) is 5.89. The van der Waals surface area contributed by atoms with Gasteiger partial charge in [0.15, 0.2) is 9.84 Å². The molecular formula is C12H25NO3S. The lowest BCUT2D eigenvalue weighted by molar-refractivity contribution is 0.0785. The normalized spacial score (nSPS) is 20.7. The average molecular weight is 263 g/mol. The van der Waals surface area contributed by atoms with Gasteiger partial charge in [-0.05, 0) is 25.7 Å². The Morgan fingerprint density at radius 2 is 1.82 bits per heavy atom. The van der Waals surface area contributed by atoms with Crippen molar-refractivity contribution in [3.05, 3.63) is 0 Å². The number of hydrogen-bond acceptors (Lipinski definition) is 4. The van der Waals surface area contributed by atoms with Crippen molar-refractivity contribution in [1.82, 2.24) is 5.32 Å². The van der Waals surface area contributed by atoms with Crippen LogP contribution in [0.3, 0.4) is 0 Å². The highest BCUT2D eigenvalue weighted by Crippen LogP contribution is 2.12. The van der Waals surface area contributed by atoms with E-state index in [4.69, 9.17) is 4.74 Å². The van der Waals surface area contributed by atoms with Gasteiger partial charge < -0.3 is 10.1 Å². The molecule has 0 bridgehead atoms. The summed E-state index contributed by atoms with van der Waals surface area (Å²) in [6.45, 7) is 7.83. The Morgan fingerprint density at radius 1 is 1.24 bits per heavy atom. The van der Waals surface area contributed by atoms with E-state index in [1.54, 1.807) is 6.92 Å². The molecule has 0 aromatic rings. The van der Waals surface area contributed by atoms with Gasteiger partial charge in [0.05, 0.1) is 11.0 Å². The molecule has 17 heavy (non-hydrogen) atoms. The molecule has 0 spiro atoms. The van der Waals surface area contributed by atoms with Gasteiger partial charge in [-0.1, -0.05) is 13.8 Å². The Balaban J connectivity index is 2.29. The van der Waals surface area contributed by atoms with E-state index in [9.17, 15) is 8.42 Å². The summed E-state index contributed by atoms with van der Waals surface area (Å²) in [5.41, 5.74) is 0. The molecule has 1 rings (SSSR count). The maximum absolute atomic E-state index is 11.9. The van der Waals surface area contributed by atoms with Gasteiger partial charge in [-0.2, -0.15) is 0 Å². The van der Waals surface area contributed by atoms with Crippen LogP contribution in [-0.4, -0.2) is 45.2 Å². The third kappa shape index (κ3) is 4.94. The third-order valence-electron chi connectivity index (χ3n) is 3.55. The van der Waals surface area contributed by atoms with Gasteiger partial charge in [0, 0.05) is 25.8 Å². The number of nitrogens with one attached hydrogen (secondary N) is 1. The van der Waals surface area contributed by atoms with Crippen molar-refractivity contribution in [3.8, 4) is 0 Å². The standard InChI is InChI=1S/C12H25NO3S/c1-10(2)11(3)17(14,15)9-6-13-12-4-7-16-8-5-12/h10-13H,4-9H2,1-3H3. The Labute approximate surface area is 105 Å². The molecule has 1 N–H and O–H groups in total. The molecule has 0 aromatic carbocycles. The molecule has 0 amide bonds. The zero-order chi connectivity index (χ0) is 12.9. The zero-order valence-corrected chi connectivity index (χ0v) is 11.9. The first-order valence-electron chi connectivity index (χ1n) is 6.46. The van der Waals surface area contributed by atoms with Crippen molar-refractivity contribution < 1.29 is 13.2 Å². The minimum atomic E-state index is -2.95. The fraction of sp³-hybridized carbons (Fsp3) is 1.00. The summed E-state index contributed by atoms with van der Waals surface area (Å²) in [5, 5.41) is 3.06. The van der Waals surface area contributed by atoms with E-state index in [1.807, 2.05) is 13.8 Å². The monoisotopic (exact) mass is 263 g/mol. The average Bonchev–Trinajstić information content (AvgIpc) is 2.29. The summed E-state index contributed by atoms with van der Waals surface area (Å²) in [6.07, 6.45) is 1.97. The van der Waals surface area contributed by atoms with Gasteiger partial charge in [0.1, 0.15) is 0 Å². The van der Waals surface area contributed by atoms with Crippen LogP contribution in [0.2, 0.25) is 0 Å². The van der Waals surface area contributed by atoms with Crippen LogP contribution < -0.4 is 5.32 Å². The maximum atomic E-state index is 11.9. The lowest BCUT2D eigenvalue weighted by Crippen LogP contribution is -2.39. The van der Waals surface area contributed by atoms with Crippen LogP contribution in [0, 0.1) is 5.92 Å². The van der Waals surface area contributed by atoms with Gasteiger partial charge in [0.25, 0.3) is 0 Å². The van der Waals surface area contributed by atoms with Crippen molar-refractivity contribution in [2.24, 2.45) is 5.92 Å². The number of ether oxygens (including phenoxy) is 1. The molecule has 102 valence electrons. The first kappa shape index (κ1) is 14.9. The summed E-state index contributed by atoms with van der Waals surface area (Å²) in [4.78, 5) is 0. The molecule has 5 heteroatoms. The van der Waals surface area contributed by atoms with E-state index in [0.29, 0.717) is 12.6 Å². The summed E-state index contributed by atoms with van der Waals surface area (Å²) < 4.78 is 29.2. The van der Waals surface area contributed by atoms with Gasteiger partial charge >= 0.3 is 0 Å². The molecule has 1 atom stereocenters. The SMILES string of the molecule is CC(C)C(C)S(=O)(=O)CCNC1CCOCC1. The summed E-state index contributed by atoms with van der Waals surface area (Å²) in [7, 11) is -2.95. The van der Waals surface area contributed by atoms with Crippen LogP contribution in [0.5, 0.6) is 0 Å². The molecule has 1 unspecified atom stereocenters. The predicted molar refractivity (Wildman–Crippen MR) is 69.9 cm³/mol. The van der Waals surface area contributed by atoms with E-state index < -0.39 is 9.84 Å². The minimum Gasteiger partial charge on any atom is -0.381 e. The van der Waals surface area contributed by atoms with Crippen molar-refractivity contribution >= 4 is 9.84 Å². The van der Waals surface area contributed by atoms with E-state index in [-0.39, 0.29) is 16.9 Å². The summed E-state index contributed by atoms with van der Waals surface area (Å²) in [5.74, 6) is 0.423. The molecule has 4 nitrogen and oxygen atoms in total. The second kappa shape index (κ2) is 6.71. The second-order valence-electron chi connectivity index (χ2n) is 5.16. The molecule has 1 saturated heterocycles. The second-order valence-corrected chi connectivity index (χ2v) is 7.63. The molecule has 0 aromatic heterocycles. The van der Waals surface area contributed by atoms with Crippen LogP contribution >= 0.6 is 0 Å². The van der Waals surface area contributed by atoms with Crippen LogP contribution in [0.25, 0.3) is 0 Å². The highest BCUT2D eigenvalue weighted by molar-refractivity contribution is 7.92. The lowest BCUT2D eigenvalue weighted by atomic mass is 10.1. The topological polar surface area (TPSA) is 55.4 Å². The van der Waals surface area contributed by atoms with Gasteiger partial charge in [-0.15, -0.1) is 0 Å². The Morgan fingerprint density at radius 3 is 2.35 bits per heavy atom. The molecule has 0 saturated carbocycles. The fourth-order valence-corrected chi connectivity index (χ4v) is 3.51. The molecule has 1 aliphatic heterocycles. The summed E-state index contributed by atoms with van der Waals surface area (Å²) >= 11 is 0. The van der Waals surface area contributed by atoms with Crippen molar-refractivity contribution in [1.29, 1.82) is 0 Å². The molecule has 1 fully saturated rings. The van der Waals surface area contributed by atoms with Crippen LogP contribution in [0.15, 0.2) is 0 Å². The summed E-state index contributed by atoms with van der Waals surface area (Å²) in [6, 6.07) is 0.424. The van der Waals surface area contributed by atoms with Gasteiger partial charge in [-0.3, -0.25) is 0 Å². The van der Waals surface area contributed by atoms with Crippen molar-refractivity contribution in [3.63, 3.8) is 0 Å². The number of sulfone groups is 1. The smallest absolute Gasteiger partial charge is 0.154 e. The van der Waals surface area contributed by atoms with E-state index in [2.05, 4.69) is 5.32 Å². The minimum absolute atomic E-state index is 0.183. The van der Waals surface area contributed by atoms with Crippen LogP contribution in [-0.2, 0) is 14.6 Å². The third-order valence-corrected chi connectivity index (χ3v) is 6.00. The van der Waals surface area contributed by atoms with Crippen LogP contribution in [0.4, 0.5) is 0 Å². The molecule has 1 aliphatic rings. The van der Waals surface area contributed by atoms with Gasteiger partial charge in [-0.25, -0.2) is 8.42 Å². The van der Waals surface area contributed by atoms with E-state index in [0.717, 1.165) is 26.1 Å². The zero-order valence-electron chi connectivity index (χ0n) is 11.1. The highest BCUT2D eigenvalue weighted by atomic mass is 32.2. The Bertz CT molecular complexity index is 308. The van der Waals surface area contributed by atoms with E-state index in [1.165, 1.54) is 0 Å². The van der Waals surface area contributed by atoms with E-state index >= 15 is 0 Å². The lowest BCUT2D eigenvalue weighted by Gasteiger charge is -2.24.